The molecule has 2 aliphatic rings. The fourth-order valence-electron chi connectivity index (χ4n) is 3.96. The van der Waals surface area contributed by atoms with Gasteiger partial charge in [-0.15, -0.1) is 6.58 Å². The molecule has 3 rings (SSSR count). The van der Waals surface area contributed by atoms with Gasteiger partial charge in [0.2, 0.25) is 0 Å². The van der Waals surface area contributed by atoms with E-state index in [0.29, 0.717) is 24.2 Å². The molecule has 1 amide bonds. The number of carbonyl (C=O) groups is 1. The number of amides is 1. The first-order valence-corrected chi connectivity index (χ1v) is 9.82. The van der Waals surface area contributed by atoms with E-state index in [0.717, 1.165) is 51.7 Å². The number of aromatic nitrogens is 2. The van der Waals surface area contributed by atoms with Crippen molar-refractivity contribution in [3.63, 3.8) is 0 Å². The third-order valence-corrected chi connectivity index (χ3v) is 5.31. The van der Waals surface area contributed by atoms with Crippen LogP contribution in [-0.2, 0) is 19.4 Å². The summed E-state index contributed by atoms with van der Waals surface area (Å²) in [6.07, 6.45) is 8.33. The summed E-state index contributed by atoms with van der Waals surface area (Å²) in [4.78, 5) is 15.1. The molecule has 1 aliphatic carbocycles. The van der Waals surface area contributed by atoms with E-state index in [-0.39, 0.29) is 5.91 Å². The summed E-state index contributed by atoms with van der Waals surface area (Å²) in [6.45, 7) is 11.8. The van der Waals surface area contributed by atoms with Crippen LogP contribution >= 0.6 is 0 Å². The number of carbonyl (C=O) groups excluding carboxylic acids is 1. The summed E-state index contributed by atoms with van der Waals surface area (Å²) in [7, 11) is 0. The van der Waals surface area contributed by atoms with Crippen LogP contribution in [0.3, 0.4) is 0 Å². The minimum Gasteiger partial charge on any atom is -0.337 e. The second kappa shape index (κ2) is 8.17. The number of likely N-dealkylation sites (tertiary alicyclic amines) is 1. The molecule has 5 nitrogen and oxygen atoms in total. The highest BCUT2D eigenvalue weighted by Crippen LogP contribution is 2.27. The van der Waals surface area contributed by atoms with Crippen LogP contribution in [0, 0.1) is 5.92 Å². The minimum absolute atomic E-state index is 0.128. The van der Waals surface area contributed by atoms with Crippen molar-refractivity contribution in [2.24, 2.45) is 5.92 Å². The molecule has 0 spiro atoms. The van der Waals surface area contributed by atoms with Crippen LogP contribution in [0.4, 0.5) is 0 Å². The zero-order valence-electron chi connectivity index (χ0n) is 15.8. The predicted molar refractivity (Wildman–Crippen MR) is 101 cm³/mol. The summed E-state index contributed by atoms with van der Waals surface area (Å²) in [5.74, 6) is 0.766. The van der Waals surface area contributed by atoms with Gasteiger partial charge in [-0.25, -0.2) is 0 Å². The Bertz CT molecular complexity index is 613. The van der Waals surface area contributed by atoms with Crippen LogP contribution in [-0.4, -0.2) is 46.3 Å². The summed E-state index contributed by atoms with van der Waals surface area (Å²) < 4.78 is 2.00. The lowest BCUT2D eigenvalue weighted by atomic mass is 9.90. The summed E-state index contributed by atoms with van der Waals surface area (Å²) in [5.41, 5.74) is 3.10. The first kappa shape index (κ1) is 18.2. The van der Waals surface area contributed by atoms with Crippen molar-refractivity contribution in [2.75, 3.05) is 19.6 Å². The number of fused-ring (bicyclic) bond motifs is 1. The maximum absolute atomic E-state index is 13.1. The molecule has 1 aromatic rings. The minimum atomic E-state index is 0.128. The van der Waals surface area contributed by atoms with Gasteiger partial charge in [0.05, 0.1) is 6.54 Å². The van der Waals surface area contributed by atoms with Crippen molar-refractivity contribution in [2.45, 2.75) is 65.0 Å². The fraction of sp³-hybridized carbons (Fsp3) is 0.700. The molecule has 0 saturated carbocycles. The molecule has 1 aliphatic heterocycles. The van der Waals surface area contributed by atoms with Gasteiger partial charge in [0.15, 0.2) is 5.69 Å². The van der Waals surface area contributed by atoms with Gasteiger partial charge in [0.25, 0.3) is 5.91 Å². The second-order valence-corrected chi connectivity index (χ2v) is 7.84. The van der Waals surface area contributed by atoms with E-state index in [4.69, 9.17) is 5.10 Å². The van der Waals surface area contributed by atoms with Crippen molar-refractivity contribution in [1.29, 1.82) is 0 Å². The van der Waals surface area contributed by atoms with Gasteiger partial charge in [0, 0.05) is 30.4 Å². The first-order chi connectivity index (χ1) is 12.1. The number of nitrogens with one attached hydrogen (secondary N) is 1. The van der Waals surface area contributed by atoms with Crippen LogP contribution in [0.5, 0.6) is 0 Å². The molecule has 5 heteroatoms. The summed E-state index contributed by atoms with van der Waals surface area (Å²) in [6, 6.07) is 0.448. The molecular weight excluding hydrogens is 312 g/mol. The first-order valence-electron chi connectivity index (χ1n) is 9.82. The molecule has 138 valence electrons. The monoisotopic (exact) mass is 344 g/mol. The molecular formula is C20H32N4O. The predicted octanol–water partition coefficient (Wildman–Crippen LogP) is 2.80. The van der Waals surface area contributed by atoms with Gasteiger partial charge in [-0.3, -0.25) is 9.48 Å². The van der Waals surface area contributed by atoms with E-state index < -0.39 is 0 Å². The van der Waals surface area contributed by atoms with Crippen LogP contribution in [0.25, 0.3) is 0 Å². The topological polar surface area (TPSA) is 50.2 Å². The maximum Gasteiger partial charge on any atom is 0.274 e. The molecule has 1 aromatic heterocycles. The molecule has 1 N–H and O–H groups in total. The SMILES string of the molecule is C=CCn1nc(C(=O)N2CCCCC2)c2c1CCC(NCC(C)C)C2. The fourth-order valence-corrected chi connectivity index (χ4v) is 3.96. The third kappa shape index (κ3) is 4.14. The molecule has 1 fully saturated rings. The Kier molecular flexibility index (Phi) is 5.94. The van der Waals surface area contributed by atoms with Gasteiger partial charge in [-0.1, -0.05) is 19.9 Å². The highest BCUT2D eigenvalue weighted by atomic mass is 16.2. The summed E-state index contributed by atoms with van der Waals surface area (Å²) >= 11 is 0. The van der Waals surface area contributed by atoms with Crippen LogP contribution in [0.2, 0.25) is 0 Å². The van der Waals surface area contributed by atoms with Gasteiger partial charge in [0.1, 0.15) is 0 Å². The highest BCUT2D eigenvalue weighted by Gasteiger charge is 2.31. The molecule has 0 bridgehead atoms. The number of hydrogen-bond acceptors (Lipinski definition) is 3. The number of piperidine rings is 1. The standard InChI is InChI=1S/C20H32N4O/c1-4-10-24-18-9-8-16(21-14-15(2)3)13-17(18)19(22-24)20(25)23-11-6-5-7-12-23/h4,15-16,21H,1,5-14H2,2-3H3. The van der Waals surface area contributed by atoms with E-state index in [1.165, 1.54) is 17.7 Å². The second-order valence-electron chi connectivity index (χ2n) is 7.84. The molecule has 0 radical (unpaired) electrons. The van der Waals surface area contributed by atoms with Gasteiger partial charge < -0.3 is 10.2 Å². The van der Waals surface area contributed by atoms with Crippen LogP contribution < -0.4 is 5.32 Å². The molecule has 0 aromatic carbocycles. The average molecular weight is 345 g/mol. The quantitative estimate of drug-likeness (QED) is 0.808. The lowest BCUT2D eigenvalue weighted by Gasteiger charge is -2.28. The normalized spacial score (nSPS) is 20.6. The van der Waals surface area contributed by atoms with Gasteiger partial charge in [-0.2, -0.15) is 5.10 Å². The Hall–Kier alpha value is -1.62. The number of rotatable bonds is 6. The lowest BCUT2D eigenvalue weighted by molar-refractivity contribution is 0.0716. The van der Waals surface area contributed by atoms with Crippen LogP contribution in [0.15, 0.2) is 12.7 Å². The Morgan fingerprint density at radius 2 is 2.12 bits per heavy atom. The number of allylic oxidation sites excluding steroid dienone is 1. The smallest absolute Gasteiger partial charge is 0.274 e. The highest BCUT2D eigenvalue weighted by molar-refractivity contribution is 5.94. The zero-order chi connectivity index (χ0) is 17.8. The Labute approximate surface area is 151 Å². The Balaban J connectivity index is 1.83. The van der Waals surface area contributed by atoms with Crippen molar-refractivity contribution in [1.82, 2.24) is 20.0 Å². The third-order valence-electron chi connectivity index (χ3n) is 5.31. The van der Waals surface area contributed by atoms with Crippen molar-refractivity contribution >= 4 is 5.91 Å². The van der Waals surface area contributed by atoms with Gasteiger partial charge >= 0.3 is 0 Å². The van der Waals surface area contributed by atoms with E-state index in [9.17, 15) is 4.79 Å². The average Bonchev–Trinajstić information content (AvgIpc) is 2.98. The largest absolute Gasteiger partial charge is 0.337 e. The Morgan fingerprint density at radius 1 is 1.36 bits per heavy atom. The van der Waals surface area contributed by atoms with Crippen molar-refractivity contribution in [3.8, 4) is 0 Å². The molecule has 1 saturated heterocycles. The van der Waals surface area contributed by atoms with E-state index in [1.807, 2.05) is 15.7 Å². The van der Waals surface area contributed by atoms with E-state index >= 15 is 0 Å². The van der Waals surface area contributed by atoms with E-state index in [1.54, 1.807) is 0 Å². The summed E-state index contributed by atoms with van der Waals surface area (Å²) in [5, 5.41) is 8.38. The molecule has 2 heterocycles. The molecule has 25 heavy (non-hydrogen) atoms. The van der Waals surface area contributed by atoms with Crippen molar-refractivity contribution in [3.05, 3.63) is 29.6 Å². The van der Waals surface area contributed by atoms with Gasteiger partial charge in [-0.05, 0) is 51.0 Å². The lowest BCUT2D eigenvalue weighted by Crippen LogP contribution is -2.39. The zero-order valence-corrected chi connectivity index (χ0v) is 15.8. The Morgan fingerprint density at radius 3 is 2.80 bits per heavy atom. The number of nitrogens with zero attached hydrogens (tertiary/aromatic N) is 3. The van der Waals surface area contributed by atoms with Crippen molar-refractivity contribution < 1.29 is 4.79 Å². The van der Waals surface area contributed by atoms with Crippen LogP contribution in [0.1, 0.15) is 61.3 Å². The molecule has 1 atom stereocenters. The molecule has 1 unspecified atom stereocenters. The number of hydrogen-bond donors (Lipinski definition) is 1. The van der Waals surface area contributed by atoms with E-state index in [2.05, 4.69) is 25.7 Å². The maximum atomic E-state index is 13.1.